The summed E-state index contributed by atoms with van der Waals surface area (Å²) in [6.07, 6.45) is 5.43. The van der Waals surface area contributed by atoms with Crippen LogP contribution in [0.4, 0.5) is 4.79 Å². The number of amides is 2. The zero-order valence-electron chi connectivity index (χ0n) is 15.4. The van der Waals surface area contributed by atoms with E-state index in [0.717, 1.165) is 44.1 Å². The summed E-state index contributed by atoms with van der Waals surface area (Å²) in [5, 5.41) is 3.00. The van der Waals surface area contributed by atoms with Crippen molar-refractivity contribution in [3.8, 4) is 0 Å². The normalized spacial score (nSPS) is 23.8. The Morgan fingerprint density at radius 2 is 1.69 bits per heavy atom. The smallest absolute Gasteiger partial charge is 0.410 e. The molecule has 1 atom stereocenters. The molecule has 2 aliphatic carbocycles. The minimum Gasteiger partial charge on any atom is -0.445 e. The van der Waals surface area contributed by atoms with Crippen molar-refractivity contribution >= 4 is 12.0 Å². The van der Waals surface area contributed by atoms with Crippen LogP contribution in [0.1, 0.15) is 51.0 Å². The molecule has 2 aliphatic rings. The topological polar surface area (TPSA) is 84.7 Å². The second kappa shape index (κ2) is 8.54. The van der Waals surface area contributed by atoms with E-state index in [0.29, 0.717) is 12.6 Å². The van der Waals surface area contributed by atoms with E-state index in [1.54, 1.807) is 6.92 Å². The van der Waals surface area contributed by atoms with Crippen LogP contribution in [0.3, 0.4) is 0 Å². The summed E-state index contributed by atoms with van der Waals surface area (Å²) in [5.74, 6) is -0.102. The first-order chi connectivity index (χ1) is 12.5. The monoisotopic (exact) mass is 359 g/mol. The van der Waals surface area contributed by atoms with Gasteiger partial charge in [0.1, 0.15) is 6.61 Å². The summed E-state index contributed by atoms with van der Waals surface area (Å²) in [6.45, 7) is 2.00. The van der Waals surface area contributed by atoms with Crippen molar-refractivity contribution < 1.29 is 14.3 Å². The zero-order chi connectivity index (χ0) is 18.5. The molecule has 142 valence electrons. The largest absolute Gasteiger partial charge is 0.445 e. The lowest BCUT2D eigenvalue weighted by Crippen LogP contribution is -2.49. The highest BCUT2D eigenvalue weighted by atomic mass is 16.6. The second-order valence-electron chi connectivity index (χ2n) is 7.48. The molecule has 2 saturated carbocycles. The van der Waals surface area contributed by atoms with Crippen LogP contribution in [0.5, 0.6) is 0 Å². The van der Waals surface area contributed by atoms with Crippen LogP contribution in [-0.4, -0.2) is 41.1 Å². The molecule has 1 unspecified atom stereocenters. The van der Waals surface area contributed by atoms with E-state index in [2.05, 4.69) is 5.32 Å². The number of nitrogens with one attached hydrogen (secondary N) is 1. The van der Waals surface area contributed by atoms with Crippen molar-refractivity contribution in [2.45, 2.75) is 76.2 Å². The first kappa shape index (κ1) is 18.7. The molecule has 0 heterocycles. The number of nitrogens with zero attached hydrogens (tertiary/aromatic N) is 1. The van der Waals surface area contributed by atoms with Crippen molar-refractivity contribution in [1.29, 1.82) is 0 Å². The molecule has 3 rings (SSSR count). The van der Waals surface area contributed by atoms with E-state index >= 15 is 0 Å². The molecule has 6 nitrogen and oxygen atoms in total. The van der Waals surface area contributed by atoms with Gasteiger partial charge in [-0.25, -0.2) is 4.79 Å². The van der Waals surface area contributed by atoms with Gasteiger partial charge in [-0.05, 0) is 51.0 Å². The first-order valence-electron chi connectivity index (χ1n) is 9.59. The van der Waals surface area contributed by atoms with Gasteiger partial charge in [-0.15, -0.1) is 0 Å². The number of nitrogens with two attached hydrogens (primary N) is 1. The maximum atomic E-state index is 12.7. The summed E-state index contributed by atoms with van der Waals surface area (Å²) in [7, 11) is 0. The molecule has 0 spiro atoms. The SMILES string of the molecule is CC(N)C(=O)NC1CCC(N(C(=O)OCc2ccccc2)C2CC2)CC1. The van der Waals surface area contributed by atoms with Crippen molar-refractivity contribution in [2.24, 2.45) is 5.73 Å². The Morgan fingerprint density at radius 1 is 1.12 bits per heavy atom. The van der Waals surface area contributed by atoms with E-state index in [9.17, 15) is 9.59 Å². The van der Waals surface area contributed by atoms with Gasteiger partial charge in [0.15, 0.2) is 0 Å². The van der Waals surface area contributed by atoms with E-state index < -0.39 is 6.04 Å². The van der Waals surface area contributed by atoms with Crippen molar-refractivity contribution in [3.63, 3.8) is 0 Å². The van der Waals surface area contributed by atoms with Gasteiger partial charge >= 0.3 is 6.09 Å². The van der Waals surface area contributed by atoms with Crippen LogP contribution in [-0.2, 0) is 16.1 Å². The highest BCUT2D eigenvalue weighted by molar-refractivity contribution is 5.81. The molecule has 2 amide bonds. The summed E-state index contributed by atoms with van der Waals surface area (Å²) < 4.78 is 5.57. The lowest BCUT2D eigenvalue weighted by Gasteiger charge is -2.36. The number of hydrogen-bond donors (Lipinski definition) is 2. The standard InChI is InChI=1S/C20H29N3O3/c1-14(21)19(24)22-16-7-9-17(10-8-16)23(18-11-12-18)20(25)26-13-15-5-3-2-4-6-15/h2-6,14,16-18H,7-13,21H2,1H3,(H,22,24). The average molecular weight is 359 g/mol. The predicted octanol–water partition coefficient (Wildman–Crippen LogP) is 2.56. The highest BCUT2D eigenvalue weighted by Gasteiger charge is 2.40. The molecule has 0 saturated heterocycles. The Kier molecular flexibility index (Phi) is 6.14. The van der Waals surface area contributed by atoms with Crippen LogP contribution in [0, 0.1) is 0 Å². The third-order valence-corrected chi connectivity index (χ3v) is 5.21. The Hall–Kier alpha value is -2.08. The van der Waals surface area contributed by atoms with Crippen molar-refractivity contribution in [1.82, 2.24) is 10.2 Å². The van der Waals surface area contributed by atoms with Crippen LogP contribution in [0.25, 0.3) is 0 Å². The van der Waals surface area contributed by atoms with Gasteiger partial charge in [0.2, 0.25) is 5.91 Å². The molecule has 3 N–H and O–H groups in total. The fourth-order valence-electron chi connectivity index (χ4n) is 3.57. The summed E-state index contributed by atoms with van der Waals surface area (Å²) in [6, 6.07) is 9.95. The van der Waals surface area contributed by atoms with E-state index in [4.69, 9.17) is 10.5 Å². The molecule has 26 heavy (non-hydrogen) atoms. The van der Waals surface area contributed by atoms with Gasteiger partial charge < -0.3 is 20.7 Å². The molecule has 1 aromatic carbocycles. The van der Waals surface area contributed by atoms with Crippen molar-refractivity contribution in [3.05, 3.63) is 35.9 Å². The predicted molar refractivity (Wildman–Crippen MR) is 99.3 cm³/mol. The number of rotatable bonds is 6. The van der Waals surface area contributed by atoms with Gasteiger partial charge in [-0.2, -0.15) is 0 Å². The van der Waals surface area contributed by atoms with E-state index in [1.165, 1.54) is 0 Å². The third-order valence-electron chi connectivity index (χ3n) is 5.21. The number of ether oxygens (including phenoxy) is 1. The fourth-order valence-corrected chi connectivity index (χ4v) is 3.57. The third kappa shape index (κ3) is 4.97. The highest BCUT2D eigenvalue weighted by Crippen LogP contribution is 2.34. The Labute approximate surface area is 155 Å². The second-order valence-corrected chi connectivity index (χ2v) is 7.48. The Balaban J connectivity index is 1.51. The zero-order valence-corrected chi connectivity index (χ0v) is 15.4. The van der Waals surface area contributed by atoms with Gasteiger partial charge in [-0.1, -0.05) is 30.3 Å². The molecule has 0 radical (unpaired) electrons. The van der Waals surface area contributed by atoms with Gasteiger partial charge in [0, 0.05) is 18.1 Å². The number of benzene rings is 1. The minimum absolute atomic E-state index is 0.102. The Morgan fingerprint density at radius 3 is 2.23 bits per heavy atom. The quantitative estimate of drug-likeness (QED) is 0.817. The molecule has 1 aromatic rings. The lowest BCUT2D eigenvalue weighted by molar-refractivity contribution is -0.123. The van der Waals surface area contributed by atoms with Gasteiger partial charge in [-0.3, -0.25) is 4.79 Å². The number of carbonyl (C=O) groups excluding carboxylic acids is 2. The van der Waals surface area contributed by atoms with E-state index in [-0.39, 0.29) is 24.1 Å². The molecule has 6 heteroatoms. The van der Waals surface area contributed by atoms with Crippen LogP contribution in [0.15, 0.2) is 30.3 Å². The lowest BCUT2D eigenvalue weighted by atomic mass is 9.90. The summed E-state index contributed by atoms with van der Waals surface area (Å²) >= 11 is 0. The van der Waals surface area contributed by atoms with Crippen LogP contribution < -0.4 is 11.1 Å². The summed E-state index contributed by atoms with van der Waals surface area (Å²) in [5.41, 5.74) is 6.62. The maximum absolute atomic E-state index is 12.7. The van der Waals surface area contributed by atoms with Gasteiger partial charge in [0.05, 0.1) is 6.04 Å². The minimum atomic E-state index is -0.483. The van der Waals surface area contributed by atoms with Crippen LogP contribution in [0.2, 0.25) is 0 Å². The molecule has 0 bridgehead atoms. The van der Waals surface area contributed by atoms with Crippen molar-refractivity contribution in [2.75, 3.05) is 0 Å². The maximum Gasteiger partial charge on any atom is 0.410 e. The average Bonchev–Trinajstić information content (AvgIpc) is 3.47. The van der Waals surface area contributed by atoms with Gasteiger partial charge in [0.25, 0.3) is 0 Å². The first-order valence-corrected chi connectivity index (χ1v) is 9.59. The molecular weight excluding hydrogens is 330 g/mol. The Bertz CT molecular complexity index is 608. The van der Waals surface area contributed by atoms with E-state index in [1.807, 2.05) is 35.2 Å². The molecular formula is C20H29N3O3. The summed E-state index contributed by atoms with van der Waals surface area (Å²) in [4.78, 5) is 26.4. The molecule has 2 fully saturated rings. The van der Waals surface area contributed by atoms with Crippen LogP contribution >= 0.6 is 0 Å². The fraction of sp³-hybridized carbons (Fsp3) is 0.600. The number of hydrogen-bond acceptors (Lipinski definition) is 4. The molecule has 0 aliphatic heterocycles. The molecule has 0 aromatic heterocycles. The number of carbonyl (C=O) groups is 2.